The highest BCUT2D eigenvalue weighted by atomic mass is 35.5. The third-order valence-corrected chi connectivity index (χ3v) is 7.51. The quantitative estimate of drug-likeness (QED) is 0.777. The van der Waals surface area contributed by atoms with Crippen molar-refractivity contribution >= 4 is 39.7 Å². The van der Waals surface area contributed by atoms with E-state index in [0.29, 0.717) is 30.2 Å². The first-order valence-corrected chi connectivity index (χ1v) is 10.8. The van der Waals surface area contributed by atoms with Crippen LogP contribution in [0.15, 0.2) is 0 Å². The van der Waals surface area contributed by atoms with Gasteiger partial charge in [0, 0.05) is 29.7 Å². The Balaban J connectivity index is 1.55. The third kappa shape index (κ3) is 3.14. The van der Waals surface area contributed by atoms with Crippen LogP contribution in [0.5, 0.6) is 0 Å². The zero-order valence-electron chi connectivity index (χ0n) is 16.0. The van der Waals surface area contributed by atoms with Crippen molar-refractivity contribution < 1.29 is 9.59 Å². The van der Waals surface area contributed by atoms with Crippen molar-refractivity contribution in [3.63, 3.8) is 0 Å². The number of amides is 2. The van der Waals surface area contributed by atoms with Gasteiger partial charge in [0.05, 0.1) is 0 Å². The Morgan fingerprint density at radius 1 is 1.26 bits per heavy atom. The largest absolute Gasteiger partial charge is 0.336 e. The Morgan fingerprint density at radius 2 is 1.96 bits per heavy atom. The lowest BCUT2D eigenvalue weighted by atomic mass is 10.1. The molecule has 0 unspecified atom stereocenters. The minimum atomic E-state index is -0.249. The fourth-order valence-corrected chi connectivity index (χ4v) is 5.81. The summed E-state index contributed by atoms with van der Waals surface area (Å²) in [5, 5.41) is 0.348. The fraction of sp³-hybridized carbons (Fsp3) is 0.632. The SMILES string of the molecule is Cc1c(C(C)C)sc2nc(C(=O)N3CCN(C4CCCC4)C(=O)C3)c(Cl)n12. The molecule has 1 saturated heterocycles. The molecule has 6 nitrogen and oxygen atoms in total. The average Bonchev–Trinajstić information content (AvgIpc) is 3.33. The molecule has 146 valence electrons. The predicted molar refractivity (Wildman–Crippen MR) is 107 cm³/mol. The maximum absolute atomic E-state index is 13.0. The van der Waals surface area contributed by atoms with Crippen LogP contribution in [0.3, 0.4) is 0 Å². The second kappa shape index (κ2) is 7.09. The van der Waals surface area contributed by atoms with E-state index in [-0.39, 0.29) is 24.1 Å². The number of thiazole rings is 1. The van der Waals surface area contributed by atoms with Crippen LogP contribution in [0.1, 0.15) is 66.5 Å². The molecular formula is C19H25ClN4O2S. The molecule has 3 heterocycles. The van der Waals surface area contributed by atoms with Gasteiger partial charge in [0.15, 0.2) is 10.7 Å². The number of carbonyl (C=O) groups excluding carboxylic acids is 2. The lowest BCUT2D eigenvalue weighted by Crippen LogP contribution is -2.55. The summed E-state index contributed by atoms with van der Waals surface area (Å²) in [7, 11) is 0. The lowest BCUT2D eigenvalue weighted by Gasteiger charge is -2.37. The van der Waals surface area contributed by atoms with Crippen LogP contribution in [0.2, 0.25) is 5.15 Å². The van der Waals surface area contributed by atoms with Crippen molar-refractivity contribution in [3.8, 4) is 0 Å². The summed E-state index contributed by atoms with van der Waals surface area (Å²) in [6.45, 7) is 7.53. The smallest absolute Gasteiger partial charge is 0.276 e. The molecule has 4 rings (SSSR count). The molecule has 0 aromatic carbocycles. The lowest BCUT2D eigenvalue weighted by molar-refractivity contribution is -0.137. The van der Waals surface area contributed by atoms with E-state index < -0.39 is 0 Å². The Labute approximate surface area is 168 Å². The molecule has 27 heavy (non-hydrogen) atoms. The van der Waals surface area contributed by atoms with E-state index >= 15 is 0 Å². The zero-order valence-corrected chi connectivity index (χ0v) is 17.6. The van der Waals surface area contributed by atoms with Crippen LogP contribution in [-0.2, 0) is 4.79 Å². The van der Waals surface area contributed by atoms with Gasteiger partial charge in [-0.15, -0.1) is 11.3 Å². The van der Waals surface area contributed by atoms with Crippen molar-refractivity contribution in [2.45, 2.75) is 58.4 Å². The summed E-state index contributed by atoms with van der Waals surface area (Å²) < 4.78 is 1.85. The van der Waals surface area contributed by atoms with Gasteiger partial charge >= 0.3 is 0 Å². The summed E-state index contributed by atoms with van der Waals surface area (Å²) in [6, 6.07) is 0.355. The zero-order chi connectivity index (χ0) is 19.3. The molecule has 0 spiro atoms. The maximum atomic E-state index is 13.0. The van der Waals surface area contributed by atoms with Gasteiger partial charge in [0.2, 0.25) is 5.91 Å². The van der Waals surface area contributed by atoms with E-state index in [1.807, 2.05) is 16.2 Å². The van der Waals surface area contributed by atoms with E-state index in [1.165, 1.54) is 17.7 Å². The molecule has 2 amide bonds. The monoisotopic (exact) mass is 408 g/mol. The summed E-state index contributed by atoms with van der Waals surface area (Å²) in [4.78, 5) is 35.6. The number of hydrogen-bond acceptors (Lipinski definition) is 4. The van der Waals surface area contributed by atoms with Crippen molar-refractivity contribution in [2.24, 2.45) is 0 Å². The van der Waals surface area contributed by atoms with Crippen LogP contribution in [0.25, 0.3) is 4.96 Å². The molecule has 1 saturated carbocycles. The van der Waals surface area contributed by atoms with Crippen molar-refractivity contribution in [1.82, 2.24) is 19.2 Å². The summed E-state index contributed by atoms with van der Waals surface area (Å²) in [6.07, 6.45) is 4.55. The number of hydrogen-bond donors (Lipinski definition) is 0. The highest BCUT2D eigenvalue weighted by molar-refractivity contribution is 7.17. The number of piperazine rings is 1. The predicted octanol–water partition coefficient (Wildman–Crippen LogP) is 3.71. The van der Waals surface area contributed by atoms with Gasteiger partial charge < -0.3 is 9.80 Å². The second-order valence-corrected chi connectivity index (χ2v) is 9.19. The average molecular weight is 409 g/mol. The first kappa shape index (κ1) is 18.7. The number of aromatic nitrogens is 2. The Morgan fingerprint density at radius 3 is 2.56 bits per heavy atom. The van der Waals surface area contributed by atoms with Crippen LogP contribution < -0.4 is 0 Å². The minimum absolute atomic E-state index is 0.0388. The van der Waals surface area contributed by atoms with Crippen LogP contribution in [0.4, 0.5) is 0 Å². The van der Waals surface area contributed by atoms with E-state index in [4.69, 9.17) is 11.6 Å². The first-order valence-electron chi connectivity index (χ1n) is 9.64. The fourth-order valence-electron chi connectivity index (χ4n) is 4.31. The van der Waals surface area contributed by atoms with Gasteiger partial charge in [-0.25, -0.2) is 4.98 Å². The molecule has 8 heteroatoms. The number of nitrogens with zero attached hydrogens (tertiary/aromatic N) is 4. The Kier molecular flexibility index (Phi) is 4.93. The Hall–Kier alpha value is -1.60. The van der Waals surface area contributed by atoms with Crippen LogP contribution >= 0.6 is 22.9 Å². The van der Waals surface area contributed by atoms with Gasteiger partial charge in [0.1, 0.15) is 11.7 Å². The van der Waals surface area contributed by atoms with Crippen LogP contribution in [0, 0.1) is 6.92 Å². The summed E-state index contributed by atoms with van der Waals surface area (Å²) in [5.74, 6) is 0.172. The molecule has 0 atom stereocenters. The highest BCUT2D eigenvalue weighted by Gasteiger charge is 2.35. The number of carbonyl (C=O) groups is 2. The summed E-state index contributed by atoms with van der Waals surface area (Å²) >= 11 is 8.10. The first-order chi connectivity index (χ1) is 12.9. The molecule has 1 aliphatic heterocycles. The van der Waals surface area contributed by atoms with E-state index in [1.54, 1.807) is 16.2 Å². The number of aryl methyl sites for hydroxylation is 1. The van der Waals surface area contributed by atoms with E-state index in [9.17, 15) is 9.59 Å². The molecular weight excluding hydrogens is 384 g/mol. The van der Waals surface area contributed by atoms with Gasteiger partial charge in [-0.2, -0.15) is 0 Å². The molecule has 2 fully saturated rings. The van der Waals surface area contributed by atoms with Crippen molar-refractivity contribution in [2.75, 3.05) is 19.6 Å². The molecule has 0 radical (unpaired) electrons. The molecule has 2 aliphatic rings. The number of imidazole rings is 1. The van der Waals surface area contributed by atoms with E-state index in [0.717, 1.165) is 23.5 Å². The summed E-state index contributed by atoms with van der Waals surface area (Å²) in [5.41, 5.74) is 1.28. The van der Waals surface area contributed by atoms with Crippen molar-refractivity contribution in [3.05, 3.63) is 21.4 Å². The Bertz CT molecular complexity index is 897. The number of rotatable bonds is 3. The van der Waals surface area contributed by atoms with Gasteiger partial charge in [0.25, 0.3) is 5.91 Å². The third-order valence-electron chi connectivity index (χ3n) is 5.72. The van der Waals surface area contributed by atoms with Crippen LogP contribution in [-0.4, -0.2) is 56.7 Å². The maximum Gasteiger partial charge on any atom is 0.276 e. The molecule has 2 aromatic heterocycles. The van der Waals surface area contributed by atoms with E-state index in [2.05, 4.69) is 18.8 Å². The molecule has 1 aliphatic carbocycles. The van der Waals surface area contributed by atoms with Gasteiger partial charge in [-0.05, 0) is 25.7 Å². The molecule has 0 N–H and O–H groups in total. The standard InChI is InChI=1S/C19H25ClN4O2S/c1-11(2)16-12(3)24-17(20)15(21-19(24)27-16)18(26)22-8-9-23(14(25)10-22)13-6-4-5-7-13/h11,13H,4-10H2,1-3H3. The topological polar surface area (TPSA) is 57.9 Å². The second-order valence-electron chi connectivity index (χ2n) is 7.83. The molecule has 2 aromatic rings. The highest BCUT2D eigenvalue weighted by Crippen LogP contribution is 2.33. The molecule has 0 bridgehead atoms. The number of fused-ring (bicyclic) bond motifs is 1. The van der Waals surface area contributed by atoms with Gasteiger partial charge in [-0.3, -0.25) is 14.0 Å². The number of halogens is 1. The van der Waals surface area contributed by atoms with Crippen molar-refractivity contribution in [1.29, 1.82) is 0 Å². The normalized spacial score (nSPS) is 19.1. The minimum Gasteiger partial charge on any atom is -0.336 e. The van der Waals surface area contributed by atoms with Gasteiger partial charge in [-0.1, -0.05) is 38.3 Å².